The maximum Gasteiger partial charge on any atom is 0.512 e. The lowest BCUT2D eigenvalue weighted by Gasteiger charge is -2.32. The number of hydrogen-bond acceptors (Lipinski definition) is 5. The van der Waals surface area contributed by atoms with Crippen molar-refractivity contribution in [1.29, 1.82) is 0 Å². The standard InChI is InChI=1S/C11H4F13NO5S2/c12-5-1-4(2-6(13)3-5)7(14,15)8(16,17)30-9(18,19)10(20,21)31(26,27)25-32(28,29)11(22,23)24/h1-3,25H. The Bertz CT molecular complexity index is 1060. The van der Waals surface area contributed by atoms with E-state index < -0.39 is 82.4 Å². The molecule has 0 saturated carbocycles. The Morgan fingerprint density at radius 1 is 0.656 bits per heavy atom. The van der Waals surface area contributed by atoms with Crippen LogP contribution in [-0.4, -0.2) is 39.8 Å². The van der Waals surface area contributed by atoms with Gasteiger partial charge in [0.15, 0.2) is 0 Å². The van der Waals surface area contributed by atoms with Crippen molar-refractivity contribution in [1.82, 2.24) is 4.13 Å². The summed E-state index contributed by atoms with van der Waals surface area (Å²) in [6, 6.07) is -1.32. The van der Waals surface area contributed by atoms with Crippen molar-refractivity contribution < 1.29 is 78.6 Å². The molecule has 32 heavy (non-hydrogen) atoms. The van der Waals surface area contributed by atoms with Gasteiger partial charge in [0.2, 0.25) is 0 Å². The van der Waals surface area contributed by atoms with Crippen LogP contribution in [0.4, 0.5) is 57.1 Å². The van der Waals surface area contributed by atoms with Gasteiger partial charge in [-0.15, -0.1) is 0 Å². The Kier molecular flexibility index (Phi) is 6.92. The van der Waals surface area contributed by atoms with Gasteiger partial charge in [0.1, 0.15) is 11.6 Å². The van der Waals surface area contributed by atoms with E-state index in [1.54, 1.807) is 0 Å². The average Bonchev–Trinajstić information content (AvgIpc) is 2.50. The van der Waals surface area contributed by atoms with Crippen LogP contribution in [-0.2, 0) is 30.7 Å². The molecule has 0 aromatic heterocycles. The van der Waals surface area contributed by atoms with Crippen LogP contribution in [0.1, 0.15) is 5.56 Å². The van der Waals surface area contributed by atoms with E-state index in [0.717, 1.165) is 0 Å². The number of benzene rings is 1. The number of nitrogens with one attached hydrogen (secondary N) is 1. The Balaban J connectivity index is 3.42. The molecule has 0 aliphatic heterocycles. The zero-order chi connectivity index (χ0) is 25.8. The largest absolute Gasteiger partial charge is 0.512 e. The van der Waals surface area contributed by atoms with Crippen LogP contribution in [0.2, 0.25) is 0 Å². The molecule has 1 aromatic carbocycles. The predicted octanol–water partition coefficient (Wildman–Crippen LogP) is 3.62. The predicted molar refractivity (Wildman–Crippen MR) is 73.2 cm³/mol. The summed E-state index contributed by atoms with van der Waals surface area (Å²) in [5.74, 6) is -10.3. The number of sulfonamides is 2. The van der Waals surface area contributed by atoms with Crippen molar-refractivity contribution in [2.45, 2.75) is 28.9 Å². The molecule has 0 radical (unpaired) electrons. The third-order valence-corrected chi connectivity index (χ3v) is 6.32. The van der Waals surface area contributed by atoms with E-state index in [0.29, 0.717) is 0 Å². The van der Waals surface area contributed by atoms with E-state index in [4.69, 9.17) is 0 Å². The second-order valence-electron chi connectivity index (χ2n) is 5.42. The number of halogens is 13. The summed E-state index contributed by atoms with van der Waals surface area (Å²) >= 11 is 0. The molecule has 6 nitrogen and oxygen atoms in total. The first-order chi connectivity index (χ1) is 13.8. The van der Waals surface area contributed by atoms with E-state index in [1.807, 2.05) is 4.74 Å². The van der Waals surface area contributed by atoms with Gasteiger partial charge in [-0.25, -0.2) is 30.4 Å². The lowest BCUT2D eigenvalue weighted by atomic mass is 10.1. The molecule has 0 heterocycles. The summed E-state index contributed by atoms with van der Waals surface area (Å²) in [5, 5.41) is -7.36. The molecular formula is C11H4F13NO5S2. The van der Waals surface area contributed by atoms with Crippen molar-refractivity contribution in [2.75, 3.05) is 0 Å². The maximum atomic E-state index is 13.7. The van der Waals surface area contributed by atoms with Crippen molar-refractivity contribution in [2.24, 2.45) is 0 Å². The molecule has 0 fully saturated rings. The van der Waals surface area contributed by atoms with E-state index in [-0.39, 0.29) is 6.07 Å². The molecule has 0 amide bonds. The molecule has 1 rings (SSSR count). The van der Waals surface area contributed by atoms with Crippen LogP contribution in [0.5, 0.6) is 0 Å². The SMILES string of the molecule is O=S(=O)(NS(=O)(=O)C(F)(F)C(F)(F)OC(F)(F)C(F)(F)c1cc(F)cc(F)c1)C(F)(F)F. The minimum absolute atomic E-state index is 0.166. The molecule has 0 bridgehead atoms. The van der Waals surface area contributed by atoms with Crippen molar-refractivity contribution in [3.63, 3.8) is 0 Å². The molecule has 1 N–H and O–H groups in total. The maximum absolute atomic E-state index is 13.7. The Hall–Kier alpha value is -1.87. The van der Waals surface area contributed by atoms with Gasteiger partial charge < -0.3 is 0 Å². The lowest BCUT2D eigenvalue weighted by molar-refractivity contribution is -0.459. The molecule has 0 aliphatic rings. The molecular weight excluding hydrogens is 537 g/mol. The first-order valence-corrected chi connectivity index (χ1v) is 9.80. The summed E-state index contributed by atoms with van der Waals surface area (Å²) < 4.78 is 215. The Labute approximate surface area is 168 Å². The monoisotopic (exact) mass is 541 g/mol. The topological polar surface area (TPSA) is 89.5 Å². The summed E-state index contributed by atoms with van der Waals surface area (Å²) in [4.78, 5) is 0. The Morgan fingerprint density at radius 2 is 1.06 bits per heavy atom. The van der Waals surface area contributed by atoms with E-state index in [2.05, 4.69) is 0 Å². The molecule has 0 saturated heterocycles. The second kappa shape index (κ2) is 7.87. The van der Waals surface area contributed by atoms with Crippen LogP contribution in [0, 0.1) is 11.6 Å². The highest BCUT2D eigenvalue weighted by Gasteiger charge is 2.75. The van der Waals surface area contributed by atoms with Crippen LogP contribution in [0.15, 0.2) is 18.2 Å². The van der Waals surface area contributed by atoms with Crippen molar-refractivity contribution in [3.05, 3.63) is 35.4 Å². The summed E-state index contributed by atoms with van der Waals surface area (Å²) in [5.41, 5.74) is -9.16. The highest BCUT2D eigenvalue weighted by molar-refractivity contribution is 8.05. The molecule has 186 valence electrons. The zero-order valence-electron chi connectivity index (χ0n) is 14.0. The number of hydrogen-bond donors (Lipinski definition) is 1. The molecule has 0 atom stereocenters. The second-order valence-corrected chi connectivity index (χ2v) is 9.08. The van der Waals surface area contributed by atoms with Gasteiger partial charge in [-0.1, -0.05) is 4.13 Å². The van der Waals surface area contributed by atoms with Gasteiger partial charge in [0.25, 0.3) is 10.0 Å². The van der Waals surface area contributed by atoms with Gasteiger partial charge in [0.05, 0.1) is 0 Å². The number of rotatable bonds is 8. The molecule has 0 aliphatic carbocycles. The van der Waals surface area contributed by atoms with Crippen LogP contribution in [0.3, 0.4) is 0 Å². The fraction of sp³-hybridized carbons (Fsp3) is 0.455. The summed E-state index contributed by atoms with van der Waals surface area (Å²) in [6.45, 7) is 0. The normalized spacial score (nSPS) is 15.2. The molecule has 0 spiro atoms. The average molecular weight is 541 g/mol. The lowest BCUT2D eigenvalue weighted by Crippen LogP contribution is -2.59. The first-order valence-electron chi connectivity index (χ1n) is 6.83. The van der Waals surface area contributed by atoms with Crippen molar-refractivity contribution in [3.8, 4) is 0 Å². The van der Waals surface area contributed by atoms with Crippen molar-refractivity contribution >= 4 is 20.0 Å². The number of alkyl halides is 11. The van der Waals surface area contributed by atoms with Crippen LogP contribution >= 0.6 is 0 Å². The van der Waals surface area contributed by atoms with Gasteiger partial charge in [0, 0.05) is 11.6 Å². The fourth-order valence-electron chi connectivity index (χ4n) is 1.59. The highest BCUT2D eigenvalue weighted by atomic mass is 32.3. The third-order valence-electron chi connectivity index (χ3n) is 3.05. The van der Waals surface area contributed by atoms with Crippen LogP contribution in [0.25, 0.3) is 0 Å². The van der Waals surface area contributed by atoms with Gasteiger partial charge >= 0.3 is 38.9 Å². The molecule has 0 unspecified atom stereocenters. The van der Waals surface area contributed by atoms with Crippen LogP contribution < -0.4 is 4.13 Å². The zero-order valence-corrected chi connectivity index (χ0v) is 15.6. The van der Waals surface area contributed by atoms with Gasteiger partial charge in [-0.3, -0.25) is 0 Å². The van der Waals surface area contributed by atoms with E-state index in [9.17, 15) is 73.9 Å². The fourth-order valence-corrected chi connectivity index (χ4v) is 3.89. The quantitative estimate of drug-likeness (QED) is 0.509. The summed E-state index contributed by atoms with van der Waals surface area (Å²) in [6.07, 6.45) is -14.3. The highest BCUT2D eigenvalue weighted by Crippen LogP contribution is 2.50. The van der Waals surface area contributed by atoms with E-state index in [1.165, 1.54) is 0 Å². The van der Waals surface area contributed by atoms with Gasteiger partial charge in [-0.05, 0) is 12.1 Å². The van der Waals surface area contributed by atoms with E-state index >= 15 is 0 Å². The molecule has 21 heteroatoms. The number of ether oxygens (including phenoxy) is 1. The molecule has 1 aromatic rings. The minimum Gasteiger partial charge on any atom is -0.244 e. The summed E-state index contributed by atoms with van der Waals surface area (Å²) in [7, 11) is -15.2. The Morgan fingerprint density at radius 3 is 1.44 bits per heavy atom. The minimum atomic E-state index is -7.82. The first kappa shape index (κ1) is 28.2. The smallest absolute Gasteiger partial charge is 0.244 e. The van der Waals surface area contributed by atoms with Gasteiger partial charge in [-0.2, -0.15) is 48.3 Å². The third kappa shape index (κ3) is 5.03.